The zero-order valence-corrected chi connectivity index (χ0v) is 12.4. The molecule has 1 saturated carbocycles. The lowest BCUT2D eigenvalue weighted by Gasteiger charge is -2.53. The van der Waals surface area contributed by atoms with Gasteiger partial charge in [-0.15, -0.1) is 11.6 Å². The van der Waals surface area contributed by atoms with Crippen LogP contribution in [0.2, 0.25) is 0 Å². The van der Waals surface area contributed by atoms with E-state index in [-0.39, 0.29) is 5.38 Å². The summed E-state index contributed by atoms with van der Waals surface area (Å²) in [5, 5.41) is 9.50. The first kappa shape index (κ1) is 14.0. The maximum atomic E-state index is 8.70. The second-order valence-electron chi connectivity index (χ2n) is 6.27. The number of rotatable bonds is 2. The number of thioether (sulfide) groups is 1. The van der Waals surface area contributed by atoms with Gasteiger partial charge >= 0.3 is 0 Å². The van der Waals surface area contributed by atoms with E-state index in [0.717, 1.165) is 6.42 Å². The molecule has 0 aromatic heterocycles. The Balaban J connectivity index is 2.20. The molecule has 0 radical (unpaired) electrons. The van der Waals surface area contributed by atoms with E-state index in [2.05, 4.69) is 25.7 Å². The molecule has 0 spiro atoms. The van der Waals surface area contributed by atoms with Gasteiger partial charge in [0.25, 0.3) is 0 Å². The number of hydrogen-bond acceptors (Lipinski definition) is 3. The third-order valence-electron chi connectivity index (χ3n) is 4.80. The van der Waals surface area contributed by atoms with E-state index in [4.69, 9.17) is 16.9 Å². The van der Waals surface area contributed by atoms with Crippen LogP contribution in [0.4, 0.5) is 0 Å². The molecule has 1 N–H and O–H groups in total. The topological polar surface area (TPSA) is 29.5 Å². The van der Waals surface area contributed by atoms with Crippen molar-refractivity contribution in [2.45, 2.75) is 44.2 Å². The first-order chi connectivity index (χ1) is 7.97. The summed E-state index contributed by atoms with van der Waals surface area (Å²) in [4.78, 5) is 4.38. The maximum absolute atomic E-state index is 8.70. The monoisotopic (exact) mass is 278 g/mol. The lowest BCUT2D eigenvalue weighted by atomic mass is 9.61. The van der Waals surface area contributed by atoms with Gasteiger partial charge in [-0.25, -0.2) is 4.89 Å². The minimum absolute atomic E-state index is 0.223. The molecule has 17 heavy (non-hydrogen) atoms. The van der Waals surface area contributed by atoms with Gasteiger partial charge in [0.1, 0.15) is 0 Å². The van der Waals surface area contributed by atoms with Crippen LogP contribution in [0.5, 0.6) is 0 Å². The highest BCUT2D eigenvalue weighted by Gasteiger charge is 2.50. The summed E-state index contributed by atoms with van der Waals surface area (Å²) in [6.45, 7) is 7.46. The molecule has 2 rings (SSSR count). The van der Waals surface area contributed by atoms with Crippen LogP contribution in [-0.2, 0) is 4.89 Å². The van der Waals surface area contributed by atoms with E-state index in [9.17, 15) is 0 Å². The van der Waals surface area contributed by atoms with E-state index < -0.39 is 0 Å². The van der Waals surface area contributed by atoms with Crippen LogP contribution in [0.15, 0.2) is 0 Å². The predicted molar refractivity (Wildman–Crippen MR) is 73.6 cm³/mol. The molecule has 2 aliphatic rings. The molecular weight excluding hydrogens is 256 g/mol. The van der Waals surface area contributed by atoms with Crippen LogP contribution in [0.1, 0.15) is 33.6 Å². The molecule has 100 valence electrons. The fraction of sp³-hybridized carbons (Fsp3) is 1.00. The van der Waals surface area contributed by atoms with Gasteiger partial charge in [-0.2, -0.15) is 11.8 Å². The highest BCUT2D eigenvalue weighted by molar-refractivity contribution is 8.00. The molecule has 2 nitrogen and oxygen atoms in total. The molecule has 1 aliphatic carbocycles. The predicted octanol–water partition coefficient (Wildman–Crippen LogP) is 3.89. The second-order valence-corrected chi connectivity index (χ2v) is 8.11. The minimum atomic E-state index is 0.223. The van der Waals surface area contributed by atoms with Crippen LogP contribution in [-0.4, -0.2) is 28.2 Å². The quantitative estimate of drug-likeness (QED) is 0.472. The van der Waals surface area contributed by atoms with E-state index in [1.54, 1.807) is 0 Å². The lowest BCUT2D eigenvalue weighted by molar-refractivity contribution is -0.257. The minimum Gasteiger partial charge on any atom is -0.252 e. The Morgan fingerprint density at radius 2 is 2.18 bits per heavy atom. The number of alkyl halides is 1. The summed E-state index contributed by atoms with van der Waals surface area (Å²) in [5.74, 6) is 2.83. The third-order valence-corrected chi connectivity index (χ3v) is 6.84. The normalized spacial score (nSPS) is 45.4. The van der Waals surface area contributed by atoms with E-state index in [1.807, 2.05) is 11.8 Å². The van der Waals surface area contributed by atoms with Crippen molar-refractivity contribution in [1.29, 1.82) is 0 Å². The van der Waals surface area contributed by atoms with Crippen molar-refractivity contribution < 1.29 is 10.1 Å². The summed E-state index contributed by atoms with van der Waals surface area (Å²) >= 11 is 8.60. The third kappa shape index (κ3) is 2.63. The van der Waals surface area contributed by atoms with Crippen LogP contribution >= 0.6 is 23.4 Å². The summed E-state index contributed by atoms with van der Waals surface area (Å²) in [6, 6.07) is 0. The summed E-state index contributed by atoms with van der Waals surface area (Å²) < 4.78 is 0. The molecule has 5 atom stereocenters. The average molecular weight is 279 g/mol. The molecule has 1 aliphatic heterocycles. The molecule has 1 heterocycles. The highest BCUT2D eigenvalue weighted by atomic mass is 35.5. The van der Waals surface area contributed by atoms with Crippen molar-refractivity contribution in [2.75, 3.05) is 12.4 Å². The van der Waals surface area contributed by atoms with E-state index in [0.29, 0.717) is 35.0 Å². The van der Waals surface area contributed by atoms with E-state index >= 15 is 0 Å². The Labute approximate surface area is 113 Å². The van der Waals surface area contributed by atoms with Crippen LogP contribution in [0.25, 0.3) is 0 Å². The first-order valence-corrected chi connectivity index (χ1v) is 7.98. The van der Waals surface area contributed by atoms with Gasteiger partial charge in [-0.3, -0.25) is 5.26 Å². The van der Waals surface area contributed by atoms with Crippen molar-refractivity contribution in [1.82, 2.24) is 0 Å². The van der Waals surface area contributed by atoms with Gasteiger partial charge in [0.05, 0.1) is 6.61 Å². The Hall–Kier alpha value is 0.560. The van der Waals surface area contributed by atoms with E-state index in [1.165, 1.54) is 12.2 Å². The average Bonchev–Trinajstić information content (AvgIpc) is 2.24. The number of fused-ring (bicyclic) bond motifs is 1. The molecular formula is C13H23ClO2S. The number of hydrogen-bond donors (Lipinski definition) is 1. The molecule has 0 aromatic carbocycles. The van der Waals surface area contributed by atoms with Crippen molar-refractivity contribution >= 4 is 23.4 Å². The Morgan fingerprint density at radius 3 is 2.82 bits per heavy atom. The Bertz CT molecular complexity index is 272. The molecule has 0 aromatic rings. The van der Waals surface area contributed by atoms with Crippen molar-refractivity contribution in [3.05, 3.63) is 0 Å². The molecule has 4 heteroatoms. The van der Waals surface area contributed by atoms with Gasteiger partial charge in [0, 0.05) is 10.6 Å². The summed E-state index contributed by atoms with van der Waals surface area (Å²) in [7, 11) is 0. The van der Waals surface area contributed by atoms with Gasteiger partial charge in [-0.1, -0.05) is 20.8 Å². The lowest BCUT2D eigenvalue weighted by Crippen LogP contribution is -2.51. The summed E-state index contributed by atoms with van der Waals surface area (Å²) in [5.41, 5.74) is 0.358. The SMILES string of the molecule is CC1C(COO)CC(Cl)C2SCCC(C)(C)C12. The van der Waals surface area contributed by atoms with Crippen molar-refractivity contribution in [3.8, 4) is 0 Å². The molecule has 0 amide bonds. The zero-order chi connectivity index (χ0) is 12.6. The molecule has 1 saturated heterocycles. The van der Waals surface area contributed by atoms with Crippen LogP contribution in [0, 0.1) is 23.2 Å². The molecule has 0 bridgehead atoms. The van der Waals surface area contributed by atoms with Gasteiger partial charge in [-0.05, 0) is 41.8 Å². The smallest absolute Gasteiger partial charge is 0.0851 e. The first-order valence-electron chi connectivity index (χ1n) is 6.49. The fourth-order valence-electron chi connectivity index (χ4n) is 3.76. The van der Waals surface area contributed by atoms with Gasteiger partial charge in [0.2, 0.25) is 0 Å². The van der Waals surface area contributed by atoms with Gasteiger partial charge < -0.3 is 0 Å². The second kappa shape index (κ2) is 5.28. The van der Waals surface area contributed by atoms with Crippen molar-refractivity contribution in [2.24, 2.45) is 23.2 Å². The Morgan fingerprint density at radius 1 is 1.47 bits per heavy atom. The molecule has 2 fully saturated rings. The Kier molecular flexibility index (Phi) is 4.34. The summed E-state index contributed by atoms with van der Waals surface area (Å²) in [6.07, 6.45) is 2.23. The highest BCUT2D eigenvalue weighted by Crippen LogP contribution is 2.55. The standard InChI is InChI=1S/C13H23ClO2S/c1-8-9(7-16-15)6-10(14)12-11(8)13(2,3)4-5-17-12/h8-12,15H,4-7H2,1-3H3. The fourth-order valence-corrected chi connectivity index (χ4v) is 6.42. The zero-order valence-electron chi connectivity index (χ0n) is 10.9. The largest absolute Gasteiger partial charge is 0.252 e. The van der Waals surface area contributed by atoms with Crippen molar-refractivity contribution in [3.63, 3.8) is 0 Å². The van der Waals surface area contributed by atoms with Crippen LogP contribution in [0.3, 0.4) is 0 Å². The van der Waals surface area contributed by atoms with Crippen LogP contribution < -0.4 is 0 Å². The number of halogens is 1. The van der Waals surface area contributed by atoms with Gasteiger partial charge in [0.15, 0.2) is 0 Å². The maximum Gasteiger partial charge on any atom is 0.0851 e. The molecule has 5 unspecified atom stereocenters.